The number of rotatable bonds is 2. The summed E-state index contributed by atoms with van der Waals surface area (Å²) in [7, 11) is 0. The molecular formula is C9H14F2N4O2. The van der Waals surface area contributed by atoms with E-state index in [9.17, 15) is 13.6 Å². The molecule has 1 rings (SSSR count). The summed E-state index contributed by atoms with van der Waals surface area (Å²) in [6.07, 6.45) is 0. The minimum Gasteiger partial charge on any atom is -0.367 e. The Labute approximate surface area is 97.1 Å². The van der Waals surface area contributed by atoms with Crippen LogP contribution in [0.2, 0.25) is 0 Å². The van der Waals surface area contributed by atoms with Crippen molar-refractivity contribution >= 4 is 5.97 Å². The van der Waals surface area contributed by atoms with Gasteiger partial charge in [0, 0.05) is 11.5 Å². The zero-order chi connectivity index (χ0) is 13.3. The van der Waals surface area contributed by atoms with Gasteiger partial charge in [-0.05, 0) is 26.3 Å². The molecule has 0 spiro atoms. The van der Waals surface area contributed by atoms with Gasteiger partial charge < -0.3 is 4.84 Å². The summed E-state index contributed by atoms with van der Waals surface area (Å²) in [6, 6.07) is -1.50. The van der Waals surface area contributed by atoms with Crippen LogP contribution in [0.15, 0.2) is 5.11 Å². The summed E-state index contributed by atoms with van der Waals surface area (Å²) in [5.41, 5.74) is 7.38. The number of hydroxylamine groups is 2. The molecule has 0 aromatic carbocycles. The molecule has 1 atom stereocenters. The maximum atomic E-state index is 13.3. The Morgan fingerprint density at radius 3 is 2.65 bits per heavy atom. The topological polar surface area (TPSA) is 78.3 Å². The molecule has 0 amide bonds. The number of hydrogen-bond acceptors (Lipinski definition) is 4. The summed E-state index contributed by atoms with van der Waals surface area (Å²) in [6.45, 7) is 3.81. The number of halogens is 2. The lowest BCUT2D eigenvalue weighted by atomic mass is 9.98. The summed E-state index contributed by atoms with van der Waals surface area (Å²) in [5, 5.41) is 3.83. The van der Waals surface area contributed by atoms with Gasteiger partial charge in [0.15, 0.2) is 0 Å². The molecule has 0 aromatic heterocycles. The Hall–Kier alpha value is -1.40. The normalized spacial score (nSPS) is 24.2. The summed E-state index contributed by atoms with van der Waals surface area (Å²) in [5.74, 6) is -3.78. The molecule has 0 N–H and O–H groups in total. The van der Waals surface area contributed by atoms with E-state index in [2.05, 4.69) is 10.0 Å². The van der Waals surface area contributed by atoms with Crippen LogP contribution in [0.1, 0.15) is 20.8 Å². The number of hydrogen-bond donors (Lipinski definition) is 0. The zero-order valence-corrected chi connectivity index (χ0v) is 9.85. The number of carbonyl (C=O) groups is 1. The molecule has 17 heavy (non-hydrogen) atoms. The van der Waals surface area contributed by atoms with Gasteiger partial charge in [-0.1, -0.05) is 5.11 Å². The second-order valence-electron chi connectivity index (χ2n) is 4.93. The maximum absolute atomic E-state index is 13.3. The molecule has 6 nitrogen and oxygen atoms in total. The summed E-state index contributed by atoms with van der Waals surface area (Å²) < 4.78 is 26.6. The van der Waals surface area contributed by atoms with E-state index in [0.29, 0.717) is 0 Å². The van der Waals surface area contributed by atoms with Crippen molar-refractivity contribution in [1.82, 2.24) is 5.06 Å². The fourth-order valence-electron chi connectivity index (χ4n) is 1.24. The monoisotopic (exact) mass is 248 g/mol. The first-order valence-corrected chi connectivity index (χ1v) is 5.06. The highest BCUT2D eigenvalue weighted by atomic mass is 19.3. The third kappa shape index (κ3) is 3.28. The highest BCUT2D eigenvalue weighted by Crippen LogP contribution is 2.31. The van der Waals surface area contributed by atoms with Crippen molar-refractivity contribution in [2.75, 3.05) is 13.1 Å². The third-order valence-electron chi connectivity index (χ3n) is 2.27. The van der Waals surface area contributed by atoms with E-state index < -0.39 is 29.9 Å². The van der Waals surface area contributed by atoms with E-state index in [1.54, 1.807) is 20.8 Å². The first-order chi connectivity index (χ1) is 7.66. The van der Waals surface area contributed by atoms with Gasteiger partial charge >= 0.3 is 5.97 Å². The van der Waals surface area contributed by atoms with Crippen LogP contribution in [0.25, 0.3) is 10.4 Å². The van der Waals surface area contributed by atoms with Gasteiger partial charge in [0.25, 0.3) is 5.92 Å². The van der Waals surface area contributed by atoms with Crippen molar-refractivity contribution in [2.24, 2.45) is 10.5 Å². The van der Waals surface area contributed by atoms with Crippen molar-refractivity contribution < 1.29 is 18.4 Å². The highest BCUT2D eigenvalue weighted by Gasteiger charge is 2.49. The van der Waals surface area contributed by atoms with Crippen molar-refractivity contribution in [2.45, 2.75) is 32.7 Å². The van der Waals surface area contributed by atoms with Crippen LogP contribution in [0.5, 0.6) is 0 Å². The Morgan fingerprint density at radius 2 is 2.18 bits per heavy atom. The quantitative estimate of drug-likeness (QED) is 0.426. The predicted octanol–water partition coefficient (Wildman–Crippen LogP) is 2.12. The second kappa shape index (κ2) is 4.46. The van der Waals surface area contributed by atoms with Gasteiger partial charge in [0.05, 0.1) is 12.0 Å². The first kappa shape index (κ1) is 13.7. The fraction of sp³-hybridized carbons (Fsp3) is 0.889. The van der Waals surface area contributed by atoms with Gasteiger partial charge in [-0.2, -0.15) is 0 Å². The molecule has 96 valence electrons. The smallest absolute Gasteiger partial charge is 0.330 e. The summed E-state index contributed by atoms with van der Waals surface area (Å²) >= 11 is 0. The predicted molar refractivity (Wildman–Crippen MR) is 55.0 cm³/mol. The van der Waals surface area contributed by atoms with Crippen molar-refractivity contribution in [3.8, 4) is 0 Å². The molecule has 1 saturated heterocycles. The molecule has 0 bridgehead atoms. The van der Waals surface area contributed by atoms with E-state index in [-0.39, 0.29) is 6.54 Å². The molecular weight excluding hydrogens is 234 g/mol. The number of azide groups is 1. The molecule has 8 heteroatoms. The first-order valence-electron chi connectivity index (χ1n) is 5.06. The van der Waals surface area contributed by atoms with Crippen molar-refractivity contribution in [1.29, 1.82) is 0 Å². The molecule has 1 heterocycles. The van der Waals surface area contributed by atoms with E-state index in [0.717, 1.165) is 5.06 Å². The molecule has 0 aromatic rings. The minimum atomic E-state index is -3.18. The molecule has 0 aliphatic carbocycles. The highest BCUT2D eigenvalue weighted by molar-refractivity contribution is 5.75. The zero-order valence-electron chi connectivity index (χ0n) is 9.85. The van der Waals surface area contributed by atoms with E-state index in [4.69, 9.17) is 10.4 Å². The van der Waals surface area contributed by atoms with Crippen LogP contribution < -0.4 is 0 Å². The lowest BCUT2D eigenvalue weighted by Gasteiger charge is -2.21. The molecule has 1 fully saturated rings. The largest absolute Gasteiger partial charge is 0.367 e. The number of nitrogens with zero attached hydrogens (tertiary/aromatic N) is 4. The Balaban J connectivity index is 2.67. The van der Waals surface area contributed by atoms with E-state index in [1.807, 2.05) is 0 Å². The van der Waals surface area contributed by atoms with Gasteiger partial charge in [0.2, 0.25) is 0 Å². The van der Waals surface area contributed by atoms with Crippen LogP contribution in [0.4, 0.5) is 8.78 Å². The van der Waals surface area contributed by atoms with E-state index >= 15 is 0 Å². The third-order valence-corrected chi connectivity index (χ3v) is 2.27. The number of carbonyl (C=O) groups excluding carboxylic acids is 1. The van der Waals surface area contributed by atoms with E-state index in [1.165, 1.54) is 0 Å². The molecule has 0 saturated carbocycles. The molecule has 1 unspecified atom stereocenters. The lowest BCUT2D eigenvalue weighted by molar-refractivity contribution is -0.199. The van der Waals surface area contributed by atoms with Crippen LogP contribution in [0.3, 0.4) is 0 Å². The van der Waals surface area contributed by atoms with Crippen LogP contribution in [0, 0.1) is 5.41 Å². The summed E-state index contributed by atoms with van der Waals surface area (Å²) in [4.78, 5) is 18.7. The van der Waals surface area contributed by atoms with Gasteiger partial charge in [-0.3, -0.25) is 0 Å². The minimum absolute atomic E-state index is 0.293. The van der Waals surface area contributed by atoms with Crippen molar-refractivity contribution in [3.05, 3.63) is 10.4 Å². The van der Waals surface area contributed by atoms with Gasteiger partial charge in [-0.15, -0.1) is 5.06 Å². The van der Waals surface area contributed by atoms with Gasteiger partial charge in [-0.25, -0.2) is 13.6 Å². The standard InChI is InChI=1S/C9H14F2N4O2/c1-8(2,3)7(16)17-15-4-6(13-14-12)9(10,11)5-15/h6H,4-5H2,1-3H3. The maximum Gasteiger partial charge on any atom is 0.330 e. The van der Waals surface area contributed by atoms with Crippen LogP contribution >= 0.6 is 0 Å². The Kier molecular flexibility index (Phi) is 3.59. The average molecular weight is 248 g/mol. The second-order valence-corrected chi connectivity index (χ2v) is 4.93. The fourth-order valence-corrected chi connectivity index (χ4v) is 1.24. The Morgan fingerprint density at radius 1 is 1.59 bits per heavy atom. The van der Waals surface area contributed by atoms with Crippen molar-refractivity contribution in [3.63, 3.8) is 0 Å². The average Bonchev–Trinajstić information content (AvgIpc) is 2.40. The molecule has 1 aliphatic heterocycles. The van der Waals surface area contributed by atoms with Gasteiger partial charge in [0.1, 0.15) is 6.04 Å². The van der Waals surface area contributed by atoms with Crippen LogP contribution in [-0.4, -0.2) is 36.1 Å². The SMILES string of the molecule is CC(C)(C)C(=O)ON1CC(N=[N+]=[N-])C(F)(F)C1. The lowest BCUT2D eigenvalue weighted by Crippen LogP contribution is -2.33. The molecule has 1 aliphatic rings. The molecule has 0 radical (unpaired) electrons. The number of alkyl halides is 2. The Bertz CT molecular complexity index is 360. The van der Waals surface area contributed by atoms with Crippen LogP contribution in [-0.2, 0) is 9.63 Å².